The first-order chi connectivity index (χ1) is 13.5. The van der Waals surface area contributed by atoms with Crippen LogP contribution in [0.15, 0.2) is 18.2 Å². The Morgan fingerprint density at radius 1 is 1.07 bits per heavy atom. The summed E-state index contributed by atoms with van der Waals surface area (Å²) in [5.41, 5.74) is -0.0237. The Kier molecular flexibility index (Phi) is 6.20. The summed E-state index contributed by atoms with van der Waals surface area (Å²) in [5, 5.41) is 3.68. The highest BCUT2D eigenvalue weighted by Crippen LogP contribution is 2.57. The van der Waals surface area contributed by atoms with Gasteiger partial charge < -0.3 is 28.9 Å². The molecule has 0 unspecified atom stereocenters. The van der Waals surface area contributed by atoms with Crippen LogP contribution in [-0.4, -0.2) is 73.3 Å². The summed E-state index contributed by atoms with van der Waals surface area (Å²) in [6, 6.07) is 5.12. The minimum absolute atomic E-state index is 0.197. The van der Waals surface area contributed by atoms with E-state index in [-0.39, 0.29) is 11.9 Å². The van der Waals surface area contributed by atoms with Crippen molar-refractivity contribution in [2.45, 2.75) is 38.9 Å². The Morgan fingerprint density at radius 3 is 2.21 bits per heavy atom. The number of morpholine rings is 1. The molecule has 9 heteroatoms. The molecule has 160 valence electrons. The van der Waals surface area contributed by atoms with Gasteiger partial charge in [0.15, 0.2) is 0 Å². The molecule has 2 aliphatic rings. The van der Waals surface area contributed by atoms with E-state index in [4.69, 9.17) is 13.8 Å². The van der Waals surface area contributed by atoms with Gasteiger partial charge in [-0.25, -0.2) is 4.79 Å². The standard InChI is InChI=1S/C20H30N3O5P/c1-19(2)20(3,4)28-29(27-19)14-7-8-16(15(13-14)17(24)22(5)6)21-18(25)23-9-11-26-12-10-23/h7-8,13H,9-12H2,1-6H3,(H,21,25). The molecular formula is C20H30N3O5P. The number of ether oxygens (including phenoxy) is 1. The molecule has 8 nitrogen and oxygen atoms in total. The Bertz CT molecular complexity index is 774. The van der Waals surface area contributed by atoms with E-state index in [0.29, 0.717) is 37.6 Å². The molecule has 0 atom stereocenters. The Morgan fingerprint density at radius 2 is 1.66 bits per heavy atom. The van der Waals surface area contributed by atoms with Crippen LogP contribution in [0.2, 0.25) is 0 Å². The van der Waals surface area contributed by atoms with Gasteiger partial charge >= 0.3 is 6.03 Å². The van der Waals surface area contributed by atoms with Crippen LogP contribution in [0.4, 0.5) is 10.5 Å². The maximum Gasteiger partial charge on any atom is 0.322 e. The van der Waals surface area contributed by atoms with E-state index < -0.39 is 19.6 Å². The molecule has 2 fully saturated rings. The Hall–Kier alpha value is -1.73. The number of rotatable bonds is 3. The summed E-state index contributed by atoms with van der Waals surface area (Å²) in [4.78, 5) is 28.6. The molecule has 2 aliphatic heterocycles. The number of hydrogen-bond donors (Lipinski definition) is 1. The number of hydrogen-bond acceptors (Lipinski definition) is 5. The predicted octanol–water partition coefficient (Wildman–Crippen LogP) is 2.79. The zero-order chi connectivity index (χ0) is 21.4. The molecule has 0 bridgehead atoms. The van der Waals surface area contributed by atoms with E-state index in [2.05, 4.69) is 5.32 Å². The predicted molar refractivity (Wildman–Crippen MR) is 113 cm³/mol. The fraction of sp³-hybridized carbons (Fsp3) is 0.600. The third kappa shape index (κ3) is 4.56. The number of nitrogens with one attached hydrogen (secondary N) is 1. The summed E-state index contributed by atoms with van der Waals surface area (Å²) in [6.45, 7) is 10.1. The van der Waals surface area contributed by atoms with Gasteiger partial charge in [0, 0.05) is 32.5 Å². The molecule has 1 aromatic rings. The molecule has 0 radical (unpaired) electrons. The van der Waals surface area contributed by atoms with Crippen LogP contribution < -0.4 is 10.6 Å². The molecular weight excluding hydrogens is 393 g/mol. The number of carbonyl (C=O) groups excluding carboxylic acids is 2. The number of benzene rings is 1. The monoisotopic (exact) mass is 423 g/mol. The number of urea groups is 1. The minimum atomic E-state index is -1.33. The van der Waals surface area contributed by atoms with E-state index >= 15 is 0 Å². The second-order valence-electron chi connectivity index (χ2n) is 8.42. The van der Waals surface area contributed by atoms with E-state index in [1.807, 2.05) is 33.8 Å². The third-order valence-electron chi connectivity index (χ3n) is 5.46. The summed E-state index contributed by atoms with van der Waals surface area (Å²) in [6.07, 6.45) is 0. The van der Waals surface area contributed by atoms with Crippen molar-refractivity contribution in [2.75, 3.05) is 45.7 Å². The minimum Gasteiger partial charge on any atom is -0.378 e. The third-order valence-corrected chi connectivity index (χ3v) is 7.41. The van der Waals surface area contributed by atoms with Crippen molar-refractivity contribution in [3.05, 3.63) is 23.8 Å². The zero-order valence-electron chi connectivity index (χ0n) is 17.9. The second-order valence-corrected chi connectivity index (χ2v) is 9.82. The average molecular weight is 423 g/mol. The van der Waals surface area contributed by atoms with E-state index in [1.54, 1.807) is 31.1 Å². The number of carbonyl (C=O) groups is 2. The maximum atomic E-state index is 12.8. The van der Waals surface area contributed by atoms with Gasteiger partial charge in [-0.3, -0.25) is 4.79 Å². The first-order valence-electron chi connectivity index (χ1n) is 9.69. The fourth-order valence-electron chi connectivity index (χ4n) is 2.89. The first kappa shape index (κ1) is 22.0. The van der Waals surface area contributed by atoms with Crippen molar-refractivity contribution in [3.8, 4) is 0 Å². The van der Waals surface area contributed by atoms with Crippen molar-refractivity contribution < 1.29 is 23.4 Å². The lowest BCUT2D eigenvalue weighted by Gasteiger charge is -2.29. The molecule has 1 N–H and O–H groups in total. The lowest BCUT2D eigenvalue weighted by molar-refractivity contribution is 0.00578. The highest BCUT2D eigenvalue weighted by atomic mass is 31.2. The van der Waals surface area contributed by atoms with Crippen LogP contribution in [0.1, 0.15) is 38.1 Å². The summed E-state index contributed by atoms with van der Waals surface area (Å²) in [5.74, 6) is -0.197. The van der Waals surface area contributed by atoms with E-state index in [0.717, 1.165) is 5.30 Å². The summed E-state index contributed by atoms with van der Waals surface area (Å²) < 4.78 is 17.6. The van der Waals surface area contributed by atoms with Gasteiger partial charge in [-0.1, -0.05) is 0 Å². The topological polar surface area (TPSA) is 80.3 Å². The van der Waals surface area contributed by atoms with Crippen LogP contribution in [0.25, 0.3) is 0 Å². The van der Waals surface area contributed by atoms with Crippen LogP contribution in [0.3, 0.4) is 0 Å². The van der Waals surface area contributed by atoms with Gasteiger partial charge in [-0.15, -0.1) is 0 Å². The highest BCUT2D eigenvalue weighted by molar-refractivity contribution is 7.56. The van der Waals surface area contributed by atoms with Gasteiger partial charge in [-0.2, -0.15) is 0 Å². The van der Waals surface area contributed by atoms with Gasteiger partial charge in [0.1, 0.15) is 0 Å². The Labute approximate surface area is 173 Å². The summed E-state index contributed by atoms with van der Waals surface area (Å²) in [7, 11) is 2.03. The van der Waals surface area contributed by atoms with Gasteiger partial charge in [-0.05, 0) is 45.9 Å². The van der Waals surface area contributed by atoms with Crippen molar-refractivity contribution in [1.82, 2.24) is 9.80 Å². The van der Waals surface area contributed by atoms with Crippen LogP contribution in [-0.2, 0) is 13.8 Å². The van der Waals surface area contributed by atoms with E-state index in [1.165, 1.54) is 4.90 Å². The average Bonchev–Trinajstić information content (AvgIpc) is 2.89. The molecule has 3 rings (SSSR count). The molecule has 2 saturated heterocycles. The SMILES string of the molecule is CN(C)C(=O)c1cc(P2OC(C)(C)C(C)(C)O2)ccc1NC(=O)N1CCOCC1. The number of anilines is 1. The normalized spacial score (nSPS) is 21.1. The molecule has 1 aromatic carbocycles. The van der Waals surface area contributed by atoms with Gasteiger partial charge in [0.25, 0.3) is 5.91 Å². The molecule has 3 amide bonds. The number of nitrogens with zero attached hydrogens (tertiary/aromatic N) is 2. The van der Waals surface area contributed by atoms with Crippen molar-refractivity contribution in [1.29, 1.82) is 0 Å². The molecule has 2 heterocycles. The quantitative estimate of drug-likeness (QED) is 0.757. The fourth-order valence-corrected chi connectivity index (χ4v) is 4.84. The largest absolute Gasteiger partial charge is 0.378 e. The van der Waals surface area contributed by atoms with Gasteiger partial charge in [0.05, 0.1) is 35.7 Å². The smallest absolute Gasteiger partial charge is 0.322 e. The summed E-state index contributed by atoms with van der Waals surface area (Å²) >= 11 is 0. The van der Waals surface area contributed by atoms with Crippen molar-refractivity contribution in [3.63, 3.8) is 0 Å². The first-order valence-corrected chi connectivity index (χ1v) is 10.9. The maximum absolute atomic E-state index is 12.8. The van der Waals surface area contributed by atoms with Crippen LogP contribution in [0, 0.1) is 0 Å². The van der Waals surface area contributed by atoms with Crippen molar-refractivity contribution >= 4 is 31.3 Å². The molecule has 0 spiro atoms. The lowest BCUT2D eigenvalue weighted by atomic mass is 9.90. The second kappa shape index (κ2) is 8.19. The molecule has 0 aromatic heterocycles. The van der Waals surface area contributed by atoms with Crippen LogP contribution in [0.5, 0.6) is 0 Å². The van der Waals surface area contributed by atoms with Crippen molar-refractivity contribution in [2.24, 2.45) is 0 Å². The number of amides is 3. The molecule has 0 aliphatic carbocycles. The van der Waals surface area contributed by atoms with Gasteiger partial charge in [0.2, 0.25) is 8.38 Å². The molecule has 29 heavy (non-hydrogen) atoms. The Balaban J connectivity index is 1.88. The lowest BCUT2D eigenvalue weighted by Crippen LogP contribution is -2.43. The highest BCUT2D eigenvalue weighted by Gasteiger charge is 2.50. The zero-order valence-corrected chi connectivity index (χ0v) is 18.8. The van der Waals surface area contributed by atoms with E-state index in [9.17, 15) is 9.59 Å². The van der Waals surface area contributed by atoms with Crippen LogP contribution >= 0.6 is 8.38 Å². The molecule has 0 saturated carbocycles.